The first-order valence-electron chi connectivity index (χ1n) is 6.28. The Bertz CT molecular complexity index is 161. The molecule has 1 nitrogen and oxygen atoms in total. The lowest BCUT2D eigenvalue weighted by atomic mass is 9.73. The van der Waals surface area contributed by atoms with Gasteiger partial charge < -0.3 is 5.11 Å². The van der Waals surface area contributed by atoms with Gasteiger partial charge in [-0.25, -0.2) is 0 Å². The van der Waals surface area contributed by atoms with Crippen LogP contribution in [0.5, 0.6) is 0 Å². The van der Waals surface area contributed by atoms with Crippen molar-refractivity contribution in [2.75, 3.05) is 0 Å². The molecule has 1 aliphatic carbocycles. The minimum absolute atomic E-state index is 0.313. The fourth-order valence-corrected chi connectivity index (χ4v) is 3.02. The van der Waals surface area contributed by atoms with Crippen LogP contribution >= 0.6 is 0 Å². The first-order chi connectivity index (χ1) is 6.56. The summed E-state index contributed by atoms with van der Waals surface area (Å²) in [6.45, 7) is 6.74. The SMILES string of the molecule is CCCC1(O)CCCC(CC(C)C)C1. The topological polar surface area (TPSA) is 20.2 Å². The van der Waals surface area contributed by atoms with E-state index in [4.69, 9.17) is 0 Å². The minimum Gasteiger partial charge on any atom is -0.390 e. The first-order valence-corrected chi connectivity index (χ1v) is 6.28. The maximum atomic E-state index is 10.4. The predicted octanol–water partition coefficient (Wildman–Crippen LogP) is 3.75. The van der Waals surface area contributed by atoms with Gasteiger partial charge in [0.25, 0.3) is 0 Å². The van der Waals surface area contributed by atoms with Crippen molar-refractivity contribution in [1.29, 1.82) is 0 Å². The fraction of sp³-hybridized carbons (Fsp3) is 1.00. The molecule has 0 aromatic rings. The molecule has 2 atom stereocenters. The maximum absolute atomic E-state index is 10.4. The van der Waals surface area contributed by atoms with E-state index in [2.05, 4.69) is 20.8 Å². The smallest absolute Gasteiger partial charge is 0.0650 e. The van der Waals surface area contributed by atoms with Crippen LogP contribution in [0.2, 0.25) is 0 Å². The molecule has 0 bridgehead atoms. The molecule has 0 aromatic heterocycles. The Balaban J connectivity index is 2.42. The molecule has 0 heterocycles. The van der Waals surface area contributed by atoms with Crippen LogP contribution in [0.25, 0.3) is 0 Å². The van der Waals surface area contributed by atoms with E-state index in [1.165, 1.54) is 19.3 Å². The number of hydrogen-bond donors (Lipinski definition) is 1. The van der Waals surface area contributed by atoms with Crippen LogP contribution < -0.4 is 0 Å². The van der Waals surface area contributed by atoms with Crippen LogP contribution in [0.1, 0.15) is 65.7 Å². The zero-order chi connectivity index (χ0) is 10.6. The van der Waals surface area contributed by atoms with Crippen LogP contribution in [0.3, 0.4) is 0 Å². The summed E-state index contributed by atoms with van der Waals surface area (Å²) in [5, 5.41) is 10.4. The molecule has 84 valence electrons. The monoisotopic (exact) mass is 198 g/mol. The first kappa shape index (κ1) is 12.0. The molecule has 0 saturated heterocycles. The molecule has 1 saturated carbocycles. The highest BCUT2D eigenvalue weighted by Crippen LogP contribution is 2.38. The van der Waals surface area contributed by atoms with Crippen molar-refractivity contribution in [1.82, 2.24) is 0 Å². The lowest BCUT2D eigenvalue weighted by Gasteiger charge is -2.37. The van der Waals surface area contributed by atoms with E-state index >= 15 is 0 Å². The summed E-state index contributed by atoms with van der Waals surface area (Å²) in [6.07, 6.45) is 8.07. The minimum atomic E-state index is -0.313. The Morgan fingerprint density at radius 3 is 2.71 bits per heavy atom. The Labute approximate surface area is 88.9 Å². The largest absolute Gasteiger partial charge is 0.390 e. The highest BCUT2D eigenvalue weighted by Gasteiger charge is 2.33. The van der Waals surface area contributed by atoms with E-state index in [1.54, 1.807) is 0 Å². The van der Waals surface area contributed by atoms with Crippen molar-refractivity contribution < 1.29 is 5.11 Å². The van der Waals surface area contributed by atoms with E-state index in [1.807, 2.05) is 0 Å². The number of aliphatic hydroxyl groups is 1. The molecular weight excluding hydrogens is 172 g/mol. The lowest BCUT2D eigenvalue weighted by molar-refractivity contribution is -0.0267. The molecule has 1 heteroatoms. The third-order valence-corrected chi connectivity index (χ3v) is 3.44. The van der Waals surface area contributed by atoms with Crippen LogP contribution in [-0.4, -0.2) is 10.7 Å². The second kappa shape index (κ2) is 5.16. The van der Waals surface area contributed by atoms with Crippen LogP contribution in [0.4, 0.5) is 0 Å². The zero-order valence-electron chi connectivity index (χ0n) is 10.1. The summed E-state index contributed by atoms with van der Waals surface area (Å²) in [7, 11) is 0. The lowest BCUT2D eigenvalue weighted by Crippen LogP contribution is -2.35. The van der Waals surface area contributed by atoms with Gasteiger partial charge in [-0.05, 0) is 37.5 Å². The number of rotatable bonds is 4. The predicted molar refractivity (Wildman–Crippen MR) is 61.3 cm³/mol. The van der Waals surface area contributed by atoms with Gasteiger partial charge in [-0.2, -0.15) is 0 Å². The second-order valence-corrected chi connectivity index (χ2v) is 5.57. The Morgan fingerprint density at radius 2 is 2.14 bits per heavy atom. The van der Waals surface area contributed by atoms with Gasteiger partial charge in [0.2, 0.25) is 0 Å². The molecule has 1 aliphatic rings. The van der Waals surface area contributed by atoms with Crippen molar-refractivity contribution in [3.63, 3.8) is 0 Å². The molecule has 0 aliphatic heterocycles. The van der Waals surface area contributed by atoms with Crippen molar-refractivity contribution in [3.05, 3.63) is 0 Å². The van der Waals surface area contributed by atoms with Gasteiger partial charge in [0.15, 0.2) is 0 Å². The Hall–Kier alpha value is -0.0400. The summed E-state index contributed by atoms with van der Waals surface area (Å²) >= 11 is 0. The summed E-state index contributed by atoms with van der Waals surface area (Å²) in [6, 6.07) is 0. The summed E-state index contributed by atoms with van der Waals surface area (Å²) < 4.78 is 0. The van der Waals surface area contributed by atoms with Gasteiger partial charge in [-0.1, -0.05) is 40.0 Å². The molecule has 0 spiro atoms. The van der Waals surface area contributed by atoms with Gasteiger partial charge in [0.05, 0.1) is 5.60 Å². The summed E-state index contributed by atoms with van der Waals surface area (Å²) in [5.41, 5.74) is -0.313. The Kier molecular flexibility index (Phi) is 4.43. The normalized spacial score (nSPS) is 33.6. The van der Waals surface area contributed by atoms with E-state index in [-0.39, 0.29) is 5.60 Å². The molecule has 0 amide bonds. The van der Waals surface area contributed by atoms with Crippen LogP contribution in [-0.2, 0) is 0 Å². The highest BCUT2D eigenvalue weighted by molar-refractivity contribution is 4.86. The standard InChI is InChI=1S/C13H26O/c1-4-7-13(14)8-5-6-12(10-13)9-11(2)3/h11-12,14H,4-10H2,1-3H3. The average molecular weight is 198 g/mol. The van der Waals surface area contributed by atoms with Gasteiger partial charge in [0.1, 0.15) is 0 Å². The molecule has 2 unspecified atom stereocenters. The summed E-state index contributed by atoms with van der Waals surface area (Å²) in [4.78, 5) is 0. The number of hydrogen-bond acceptors (Lipinski definition) is 1. The molecular formula is C13H26O. The van der Waals surface area contributed by atoms with Gasteiger partial charge >= 0.3 is 0 Å². The fourth-order valence-electron chi connectivity index (χ4n) is 3.02. The van der Waals surface area contributed by atoms with Crippen molar-refractivity contribution in [2.45, 2.75) is 71.3 Å². The van der Waals surface area contributed by atoms with Gasteiger partial charge in [0, 0.05) is 0 Å². The van der Waals surface area contributed by atoms with E-state index in [0.717, 1.165) is 37.5 Å². The van der Waals surface area contributed by atoms with Crippen LogP contribution in [0, 0.1) is 11.8 Å². The molecule has 1 rings (SSSR count). The van der Waals surface area contributed by atoms with Crippen LogP contribution in [0.15, 0.2) is 0 Å². The molecule has 0 aromatic carbocycles. The van der Waals surface area contributed by atoms with E-state index < -0.39 is 0 Å². The third-order valence-electron chi connectivity index (χ3n) is 3.44. The van der Waals surface area contributed by atoms with Gasteiger partial charge in [-0.15, -0.1) is 0 Å². The van der Waals surface area contributed by atoms with Crippen molar-refractivity contribution in [3.8, 4) is 0 Å². The molecule has 0 radical (unpaired) electrons. The van der Waals surface area contributed by atoms with Gasteiger partial charge in [-0.3, -0.25) is 0 Å². The third kappa shape index (κ3) is 3.61. The quantitative estimate of drug-likeness (QED) is 0.729. The average Bonchev–Trinajstić information content (AvgIpc) is 2.02. The molecule has 1 N–H and O–H groups in total. The van der Waals surface area contributed by atoms with Crippen molar-refractivity contribution >= 4 is 0 Å². The second-order valence-electron chi connectivity index (χ2n) is 5.57. The van der Waals surface area contributed by atoms with Crippen molar-refractivity contribution in [2.24, 2.45) is 11.8 Å². The Morgan fingerprint density at radius 1 is 1.43 bits per heavy atom. The molecule has 14 heavy (non-hydrogen) atoms. The summed E-state index contributed by atoms with van der Waals surface area (Å²) in [5.74, 6) is 1.56. The zero-order valence-corrected chi connectivity index (χ0v) is 10.1. The highest BCUT2D eigenvalue weighted by atomic mass is 16.3. The van der Waals surface area contributed by atoms with E-state index in [9.17, 15) is 5.11 Å². The van der Waals surface area contributed by atoms with E-state index in [0.29, 0.717) is 0 Å². The molecule has 1 fully saturated rings. The maximum Gasteiger partial charge on any atom is 0.0650 e.